The van der Waals surface area contributed by atoms with E-state index in [9.17, 15) is 18.3 Å². The molecule has 0 aliphatic carbocycles. The molecule has 1 heterocycles. The molecule has 1 aliphatic rings. The molecule has 1 amide bonds. The van der Waals surface area contributed by atoms with Crippen molar-refractivity contribution in [3.05, 3.63) is 29.8 Å². The molecular formula is C16H23N3O5S. The highest BCUT2D eigenvalue weighted by atomic mass is 32.2. The van der Waals surface area contributed by atoms with E-state index in [0.717, 1.165) is 12.8 Å². The van der Waals surface area contributed by atoms with Crippen molar-refractivity contribution in [2.75, 3.05) is 11.9 Å². The Morgan fingerprint density at radius 1 is 1.20 bits per heavy atom. The number of nitrogens with one attached hydrogen (secondary N) is 3. The van der Waals surface area contributed by atoms with Crippen LogP contribution in [-0.4, -0.2) is 37.4 Å². The maximum absolute atomic E-state index is 12.3. The maximum Gasteiger partial charge on any atom is 0.243 e. The second-order valence-corrected chi connectivity index (χ2v) is 7.56. The van der Waals surface area contributed by atoms with Crippen molar-refractivity contribution >= 4 is 27.7 Å². The second-order valence-electron chi connectivity index (χ2n) is 5.79. The molecule has 8 nitrogen and oxygen atoms in total. The van der Waals surface area contributed by atoms with Gasteiger partial charge in [0.1, 0.15) is 6.23 Å². The average Bonchev–Trinajstić information content (AvgIpc) is 2.60. The molecule has 0 spiro atoms. The summed E-state index contributed by atoms with van der Waals surface area (Å²) in [6.45, 7) is 0.318. The Kier molecular flexibility index (Phi) is 6.94. The van der Waals surface area contributed by atoms with Crippen LogP contribution in [0, 0.1) is 0 Å². The Balaban J connectivity index is 1.79. The van der Waals surface area contributed by atoms with Crippen molar-refractivity contribution < 1.29 is 23.5 Å². The minimum Gasteiger partial charge on any atom is -0.370 e. The number of hydroxylamine groups is 1. The minimum absolute atomic E-state index is 0.175. The van der Waals surface area contributed by atoms with Gasteiger partial charge in [-0.2, -0.15) is 0 Å². The summed E-state index contributed by atoms with van der Waals surface area (Å²) in [5, 5.41) is 20.7. The van der Waals surface area contributed by atoms with E-state index in [1.807, 2.05) is 0 Å². The molecule has 1 atom stereocenters. The highest BCUT2D eigenvalue weighted by Crippen LogP contribution is 2.25. The highest BCUT2D eigenvalue weighted by molar-refractivity contribution is 7.89. The molecule has 1 aromatic rings. The van der Waals surface area contributed by atoms with E-state index < -0.39 is 22.2 Å². The fourth-order valence-corrected chi connectivity index (χ4v) is 3.60. The van der Waals surface area contributed by atoms with Crippen LogP contribution in [0.3, 0.4) is 0 Å². The smallest absolute Gasteiger partial charge is 0.243 e. The third kappa shape index (κ3) is 5.82. The third-order valence-electron chi connectivity index (χ3n) is 3.84. The van der Waals surface area contributed by atoms with Gasteiger partial charge in [-0.3, -0.25) is 10.0 Å². The van der Waals surface area contributed by atoms with Crippen LogP contribution in [0.5, 0.6) is 0 Å². The van der Waals surface area contributed by atoms with Gasteiger partial charge >= 0.3 is 0 Å². The first-order valence-corrected chi connectivity index (χ1v) is 9.60. The van der Waals surface area contributed by atoms with Crippen molar-refractivity contribution in [2.24, 2.45) is 0 Å². The number of hydrogen-bond acceptors (Lipinski definition) is 6. The van der Waals surface area contributed by atoms with E-state index in [4.69, 9.17) is 5.21 Å². The fourth-order valence-electron chi connectivity index (χ4n) is 2.49. The summed E-state index contributed by atoms with van der Waals surface area (Å²) in [5.41, 5.74) is 2.96. The second kappa shape index (κ2) is 8.95. The van der Waals surface area contributed by atoms with Gasteiger partial charge in [0.15, 0.2) is 0 Å². The molecule has 0 bridgehead atoms. The van der Waals surface area contributed by atoms with E-state index in [1.54, 1.807) is 29.8 Å². The SMILES string of the molecule is O=C(CCCCCCNS(=O)(=O)c1ccc2c(c1)C=CC(O)N2)NO. The van der Waals surface area contributed by atoms with Gasteiger partial charge in [-0.05, 0) is 42.7 Å². The zero-order valence-corrected chi connectivity index (χ0v) is 14.6. The number of unbranched alkanes of at least 4 members (excludes halogenated alkanes) is 3. The molecule has 5 N–H and O–H groups in total. The zero-order valence-electron chi connectivity index (χ0n) is 13.7. The summed E-state index contributed by atoms with van der Waals surface area (Å²) >= 11 is 0. The van der Waals surface area contributed by atoms with Gasteiger partial charge in [-0.15, -0.1) is 0 Å². The van der Waals surface area contributed by atoms with E-state index in [0.29, 0.717) is 30.6 Å². The number of anilines is 1. The molecule has 0 fully saturated rings. The number of fused-ring (bicyclic) bond motifs is 1. The van der Waals surface area contributed by atoms with E-state index in [2.05, 4.69) is 10.0 Å². The van der Waals surface area contributed by atoms with Crippen LogP contribution in [0.25, 0.3) is 6.08 Å². The van der Waals surface area contributed by atoms with Crippen LogP contribution in [0.15, 0.2) is 29.2 Å². The Labute approximate surface area is 146 Å². The molecule has 9 heteroatoms. The number of carbonyl (C=O) groups is 1. The number of carbonyl (C=O) groups excluding carboxylic acids is 1. The molecule has 2 rings (SSSR count). The maximum atomic E-state index is 12.3. The Morgan fingerprint density at radius 3 is 2.72 bits per heavy atom. The number of aliphatic hydroxyl groups excluding tert-OH is 1. The lowest BCUT2D eigenvalue weighted by atomic mass is 10.1. The molecule has 0 radical (unpaired) electrons. The molecule has 0 aromatic heterocycles. The van der Waals surface area contributed by atoms with E-state index >= 15 is 0 Å². The monoisotopic (exact) mass is 369 g/mol. The number of amides is 1. The van der Waals surface area contributed by atoms with Gasteiger partial charge in [0.05, 0.1) is 4.90 Å². The summed E-state index contributed by atoms with van der Waals surface area (Å²) in [6.07, 6.45) is 5.60. The van der Waals surface area contributed by atoms with Gasteiger partial charge in [0.2, 0.25) is 15.9 Å². The van der Waals surface area contributed by atoms with Gasteiger partial charge in [0, 0.05) is 18.7 Å². The minimum atomic E-state index is -3.59. The van der Waals surface area contributed by atoms with Crippen molar-refractivity contribution in [3.63, 3.8) is 0 Å². The van der Waals surface area contributed by atoms with Crippen molar-refractivity contribution in [3.8, 4) is 0 Å². The zero-order chi connectivity index (χ0) is 18.3. The molecule has 25 heavy (non-hydrogen) atoms. The molecule has 138 valence electrons. The van der Waals surface area contributed by atoms with Gasteiger partial charge in [0.25, 0.3) is 0 Å². The van der Waals surface area contributed by atoms with Crippen LogP contribution in [0.2, 0.25) is 0 Å². The fraction of sp³-hybridized carbons (Fsp3) is 0.438. The number of sulfonamides is 1. The topological polar surface area (TPSA) is 128 Å². The molecule has 0 saturated carbocycles. The average molecular weight is 369 g/mol. The summed E-state index contributed by atoms with van der Waals surface area (Å²) in [6, 6.07) is 4.68. The van der Waals surface area contributed by atoms with Gasteiger partial charge in [-0.25, -0.2) is 18.6 Å². The van der Waals surface area contributed by atoms with Crippen LogP contribution in [-0.2, 0) is 14.8 Å². The third-order valence-corrected chi connectivity index (χ3v) is 5.30. The first-order valence-electron chi connectivity index (χ1n) is 8.12. The van der Waals surface area contributed by atoms with Crippen molar-refractivity contribution in [2.45, 2.75) is 43.2 Å². The van der Waals surface area contributed by atoms with Gasteiger partial charge in [-0.1, -0.05) is 18.9 Å². The lowest BCUT2D eigenvalue weighted by Gasteiger charge is -2.18. The first-order chi connectivity index (χ1) is 11.9. The Bertz CT molecular complexity index is 733. The van der Waals surface area contributed by atoms with E-state index in [1.165, 1.54) is 6.07 Å². The van der Waals surface area contributed by atoms with Crippen molar-refractivity contribution in [1.82, 2.24) is 10.2 Å². The highest BCUT2D eigenvalue weighted by Gasteiger charge is 2.17. The van der Waals surface area contributed by atoms with Gasteiger partial charge < -0.3 is 10.4 Å². The predicted octanol–water partition coefficient (Wildman–Crippen LogP) is 1.18. The molecule has 1 unspecified atom stereocenters. The number of aliphatic hydroxyl groups is 1. The summed E-state index contributed by atoms with van der Waals surface area (Å²) in [4.78, 5) is 11.0. The summed E-state index contributed by atoms with van der Waals surface area (Å²) in [7, 11) is -3.59. The molecule has 1 aromatic carbocycles. The van der Waals surface area contributed by atoms with E-state index in [-0.39, 0.29) is 11.3 Å². The number of hydrogen-bond donors (Lipinski definition) is 5. The first kappa shape index (κ1) is 19.4. The quantitative estimate of drug-likeness (QED) is 0.253. The Morgan fingerprint density at radius 2 is 1.96 bits per heavy atom. The largest absolute Gasteiger partial charge is 0.370 e. The lowest BCUT2D eigenvalue weighted by Crippen LogP contribution is -2.25. The normalized spacial score (nSPS) is 16.2. The van der Waals surface area contributed by atoms with Crippen LogP contribution >= 0.6 is 0 Å². The predicted molar refractivity (Wildman–Crippen MR) is 93.3 cm³/mol. The molecule has 1 aliphatic heterocycles. The lowest BCUT2D eigenvalue weighted by molar-refractivity contribution is -0.129. The van der Waals surface area contributed by atoms with Crippen LogP contribution < -0.4 is 15.5 Å². The molecule has 0 saturated heterocycles. The number of benzene rings is 1. The summed E-state index contributed by atoms with van der Waals surface area (Å²) in [5.74, 6) is -0.413. The standard InChI is InChI=1S/C16H23N3O5S/c20-15-9-6-12-11-13(7-8-14(12)18-15)25(23,24)17-10-4-2-1-3-5-16(21)19-22/h6-9,11,15,17-18,20,22H,1-5,10H2,(H,19,21). The van der Waals surface area contributed by atoms with Crippen LogP contribution in [0.4, 0.5) is 5.69 Å². The van der Waals surface area contributed by atoms with Crippen molar-refractivity contribution in [1.29, 1.82) is 0 Å². The Hall–Kier alpha value is -1.94. The summed E-state index contributed by atoms with van der Waals surface area (Å²) < 4.78 is 27.2. The molecular weight excluding hydrogens is 346 g/mol. The number of rotatable bonds is 9. The van der Waals surface area contributed by atoms with Crippen LogP contribution in [0.1, 0.15) is 37.7 Å².